The number of fused-ring (bicyclic) bond motifs is 1. The zero-order valence-corrected chi connectivity index (χ0v) is 10.3. The third-order valence-electron chi connectivity index (χ3n) is 1.57. The van der Waals surface area contributed by atoms with Crippen molar-refractivity contribution in [2.75, 3.05) is 0 Å². The molecule has 0 aliphatic heterocycles. The predicted molar refractivity (Wildman–Crippen MR) is 42.6 cm³/mol. The van der Waals surface area contributed by atoms with Crippen LogP contribution in [0.4, 0.5) is 0 Å². The number of aromatic nitrogens is 1. The molecule has 0 unspecified atom stereocenters. The summed E-state index contributed by atoms with van der Waals surface area (Å²) >= 11 is -6.11. The number of rotatable bonds is 0. The molecule has 5 nitrogen and oxygen atoms in total. The monoisotopic (exact) mass is 381 g/mol. The molecule has 0 fully saturated rings. The fourth-order valence-electron chi connectivity index (χ4n) is 1.06. The molecular formula is C9H8NO4Re. The second-order valence-electron chi connectivity index (χ2n) is 2.64. The Morgan fingerprint density at radius 3 is 2.13 bits per heavy atom. The van der Waals surface area contributed by atoms with E-state index in [0.29, 0.717) is 0 Å². The van der Waals surface area contributed by atoms with Gasteiger partial charge in [0.1, 0.15) is 0 Å². The maximum absolute atomic E-state index is 8.64. The molecule has 0 aliphatic rings. The van der Waals surface area contributed by atoms with E-state index in [9.17, 15) is 0 Å². The summed E-state index contributed by atoms with van der Waals surface area (Å²) in [6.07, 6.45) is 1.93. The molecule has 1 heterocycles. The van der Waals surface area contributed by atoms with Gasteiger partial charge in [-0.2, -0.15) is 0 Å². The van der Waals surface area contributed by atoms with Crippen LogP contribution in [0.15, 0.2) is 42.6 Å². The van der Waals surface area contributed by atoms with Gasteiger partial charge in [-0.05, 0) is 12.1 Å². The molecule has 0 saturated carbocycles. The summed E-state index contributed by atoms with van der Waals surface area (Å²) in [5, 5.41) is 1.25. The maximum atomic E-state index is 8.64. The van der Waals surface area contributed by atoms with Crippen molar-refractivity contribution >= 4 is 10.9 Å². The van der Waals surface area contributed by atoms with E-state index in [1.54, 1.807) is 0 Å². The van der Waals surface area contributed by atoms with E-state index in [-0.39, 0.29) is 0 Å². The Hall–Kier alpha value is -1.35. The van der Waals surface area contributed by atoms with Crippen molar-refractivity contribution in [2.24, 2.45) is 0 Å². The van der Waals surface area contributed by atoms with Crippen LogP contribution in [0, 0.1) is 0 Å². The van der Waals surface area contributed by atoms with Gasteiger partial charge in [-0.25, -0.2) is 4.98 Å². The summed E-state index contributed by atoms with van der Waals surface area (Å²) in [5.41, 5.74) is 1.19. The second kappa shape index (κ2) is 4.94. The van der Waals surface area contributed by atoms with Gasteiger partial charge in [-0.1, -0.05) is 12.1 Å². The quantitative estimate of drug-likeness (QED) is 0.649. The Kier molecular flexibility index (Phi) is 3.86. The van der Waals surface area contributed by atoms with E-state index < -0.39 is 15.8 Å². The smallest absolute Gasteiger partial charge is 0.210 e. The van der Waals surface area contributed by atoms with Crippen LogP contribution < -0.4 is 8.81 Å². The van der Waals surface area contributed by atoms with Crippen LogP contribution in [-0.2, 0) is 26.2 Å². The van der Waals surface area contributed by atoms with Crippen LogP contribution in [0.25, 0.3) is 10.9 Å². The summed E-state index contributed by atoms with van der Waals surface area (Å²) in [5.74, 6) is 0. The zero-order valence-electron chi connectivity index (χ0n) is 7.55. The van der Waals surface area contributed by atoms with Crippen molar-refractivity contribution in [2.45, 2.75) is 0 Å². The van der Waals surface area contributed by atoms with E-state index in [2.05, 4.69) is 23.2 Å². The average Bonchev–Trinajstić information content (AvgIpc) is 2.16. The first kappa shape index (κ1) is 11.7. The van der Waals surface area contributed by atoms with Gasteiger partial charge in [0.15, 0.2) is 6.20 Å². The van der Waals surface area contributed by atoms with Crippen molar-refractivity contribution in [1.82, 2.24) is 0 Å². The number of aromatic amines is 1. The first-order chi connectivity index (χ1) is 6.97. The first-order valence-electron chi connectivity index (χ1n) is 3.94. The molecule has 0 spiro atoms. The number of hydrogen-bond donors (Lipinski definition) is 0. The Labute approximate surface area is 88.7 Å². The number of pyridine rings is 1. The van der Waals surface area contributed by atoms with E-state index in [1.165, 1.54) is 10.9 Å². The Morgan fingerprint density at radius 2 is 1.53 bits per heavy atom. The molecule has 0 aliphatic carbocycles. The second-order valence-corrected chi connectivity index (χ2v) is 5.35. The first-order valence-corrected chi connectivity index (χ1v) is 8.37. The van der Waals surface area contributed by atoms with Gasteiger partial charge >= 0.3 is 30.0 Å². The molecule has 0 atom stereocenters. The fraction of sp³-hybridized carbons (Fsp3) is 0. The molecule has 0 amide bonds. The molecule has 1 N–H and O–H groups in total. The van der Waals surface area contributed by atoms with Crippen LogP contribution in [0.1, 0.15) is 0 Å². The van der Waals surface area contributed by atoms with Crippen LogP contribution >= 0.6 is 0 Å². The van der Waals surface area contributed by atoms with E-state index >= 15 is 0 Å². The van der Waals surface area contributed by atoms with Gasteiger partial charge in [0, 0.05) is 17.5 Å². The standard InChI is InChI=1S/C9H7N.4O.Re/c1-2-6-9-8(4-1)5-3-7-10-9;;;;;/h1-7H;;;;;/q;;;;-1;/p+1. The molecule has 80 valence electrons. The predicted octanol–water partition coefficient (Wildman–Crippen LogP) is 0.106. The van der Waals surface area contributed by atoms with Crippen molar-refractivity contribution in [1.29, 1.82) is 0 Å². The molecule has 15 heavy (non-hydrogen) atoms. The van der Waals surface area contributed by atoms with Gasteiger partial charge in [-0.15, -0.1) is 0 Å². The molecule has 1 aromatic heterocycles. The van der Waals surface area contributed by atoms with Gasteiger partial charge < -0.3 is 0 Å². The Balaban J connectivity index is 0.000000195. The molecule has 2 aromatic rings. The summed E-state index contributed by atoms with van der Waals surface area (Å²) in [6.45, 7) is 0. The number of nitrogens with one attached hydrogen (secondary N) is 1. The SMILES string of the molecule is [O]=[Re](=[O])(=[O])[O-].c1ccc2[nH+]cccc2c1. The minimum absolute atomic E-state index is 1.19. The molecule has 0 saturated heterocycles. The third kappa shape index (κ3) is 5.18. The minimum atomic E-state index is -6.11. The Bertz CT molecular complexity index is 522. The zero-order chi connectivity index (χ0) is 11.3. The summed E-state index contributed by atoms with van der Waals surface area (Å²) in [7, 11) is 0. The summed E-state index contributed by atoms with van der Waals surface area (Å²) in [4.78, 5) is 3.15. The number of hydrogen-bond acceptors (Lipinski definition) is 4. The van der Waals surface area contributed by atoms with Crippen molar-refractivity contribution in [3.63, 3.8) is 0 Å². The van der Waals surface area contributed by atoms with Crippen LogP contribution in [-0.4, -0.2) is 0 Å². The van der Waals surface area contributed by atoms with Gasteiger partial charge in [0.05, 0.1) is 0 Å². The number of para-hydroxylation sites is 1. The third-order valence-corrected chi connectivity index (χ3v) is 1.57. The topological polar surface area (TPSA) is 88.4 Å². The molecular weight excluding hydrogens is 372 g/mol. The molecule has 0 bridgehead atoms. The van der Waals surface area contributed by atoms with E-state index in [0.717, 1.165) is 0 Å². The molecule has 2 rings (SSSR count). The Morgan fingerprint density at radius 1 is 1.00 bits per heavy atom. The fourth-order valence-corrected chi connectivity index (χ4v) is 1.06. The van der Waals surface area contributed by atoms with E-state index in [1.807, 2.05) is 24.4 Å². The normalized spacial score (nSPS) is 10.5. The largest absolute Gasteiger partial charge is 0.211 e. The van der Waals surface area contributed by atoms with Crippen LogP contribution in [0.5, 0.6) is 0 Å². The van der Waals surface area contributed by atoms with Crippen molar-refractivity contribution in [3.8, 4) is 0 Å². The van der Waals surface area contributed by atoms with Gasteiger partial charge in [0.2, 0.25) is 5.52 Å². The van der Waals surface area contributed by atoms with Crippen LogP contribution in [0.2, 0.25) is 0 Å². The van der Waals surface area contributed by atoms with Gasteiger partial charge in [-0.3, -0.25) is 0 Å². The van der Waals surface area contributed by atoms with Crippen molar-refractivity contribution in [3.05, 3.63) is 42.6 Å². The average molecular weight is 380 g/mol. The maximum Gasteiger partial charge on any atom is 0.210 e. The molecule has 1 aromatic carbocycles. The van der Waals surface area contributed by atoms with Gasteiger partial charge in [0.25, 0.3) is 0 Å². The summed E-state index contributed by atoms with van der Waals surface area (Å²) in [6, 6.07) is 12.3. The van der Waals surface area contributed by atoms with E-state index in [4.69, 9.17) is 14.2 Å². The van der Waals surface area contributed by atoms with Crippen LogP contribution in [0.3, 0.4) is 0 Å². The van der Waals surface area contributed by atoms with Crippen molar-refractivity contribution < 1.29 is 35.0 Å². The minimum Gasteiger partial charge on any atom is -0.211 e. The summed E-state index contributed by atoms with van der Waals surface area (Å²) < 4.78 is 34.6. The number of benzene rings is 1. The molecule has 0 radical (unpaired) electrons. The molecule has 6 heteroatoms. The number of H-pyrrole nitrogens is 1.